The number of carbonyl (C=O) groups excluding carboxylic acids is 3. The summed E-state index contributed by atoms with van der Waals surface area (Å²) in [5, 5.41) is 50.3. The lowest BCUT2D eigenvalue weighted by atomic mass is 10.1. The fraction of sp³-hybridized carbons (Fsp3) is 0.556. The zero-order valence-corrected chi connectivity index (χ0v) is 18.1. The van der Waals surface area contributed by atoms with Crippen LogP contribution in [-0.2, 0) is 38.4 Å². The van der Waals surface area contributed by atoms with Gasteiger partial charge < -0.3 is 47.2 Å². The number of rotatable bonds is 17. The first-order chi connectivity index (χ1) is 16.1. The van der Waals surface area contributed by atoms with Gasteiger partial charge in [0.05, 0.1) is 18.9 Å². The fourth-order valence-corrected chi connectivity index (χ4v) is 2.55. The molecule has 0 radical (unpaired) electrons. The molecule has 10 N–H and O–H groups in total. The summed E-state index contributed by atoms with van der Waals surface area (Å²) in [6, 6.07) is -6.92. The molecule has 17 nitrogen and oxygen atoms in total. The summed E-state index contributed by atoms with van der Waals surface area (Å²) < 4.78 is 0. The van der Waals surface area contributed by atoms with Gasteiger partial charge in [0.1, 0.15) is 18.1 Å². The molecule has 0 saturated heterocycles. The van der Waals surface area contributed by atoms with Crippen molar-refractivity contribution < 1.29 is 63.9 Å². The number of carboxylic acid groups (broad SMARTS) is 5. The van der Waals surface area contributed by atoms with Gasteiger partial charge in [0.2, 0.25) is 17.7 Å². The van der Waals surface area contributed by atoms with E-state index in [1.54, 1.807) is 0 Å². The predicted octanol–water partition coefficient (Wildman–Crippen LogP) is -3.47. The molecule has 17 heteroatoms. The first-order valence-electron chi connectivity index (χ1n) is 9.90. The summed E-state index contributed by atoms with van der Waals surface area (Å²) in [4.78, 5) is 91.8. The van der Waals surface area contributed by atoms with Crippen molar-refractivity contribution in [3.05, 3.63) is 0 Å². The van der Waals surface area contributed by atoms with Crippen molar-refractivity contribution in [3.8, 4) is 0 Å². The van der Waals surface area contributed by atoms with Gasteiger partial charge in [-0.3, -0.25) is 33.6 Å². The third kappa shape index (κ3) is 13.1. The van der Waals surface area contributed by atoms with E-state index in [9.17, 15) is 38.4 Å². The minimum Gasteiger partial charge on any atom is -0.481 e. The standard InChI is InChI=1S/C18H26N4O13/c19-7(5-13(27)28)15(31)20-8(1-3-11(23)24)16(32)22-10(6-14(29)30)17(33)21-9(18(34)35)2-4-12(25)26/h7-10H,1-6,19H2,(H,20,31)(H,21,33)(H,22,32)(H,23,24)(H,25,26)(H,27,28)(H,29,30)(H,34,35)/t7-,8-,9-,10-/m0/s1. The van der Waals surface area contributed by atoms with Crippen molar-refractivity contribution >= 4 is 47.6 Å². The summed E-state index contributed by atoms with van der Waals surface area (Å²) >= 11 is 0. The molecular formula is C18H26N4O13. The Hall–Kier alpha value is -4.28. The Bertz CT molecular complexity index is 859. The summed E-state index contributed by atoms with van der Waals surface area (Å²) in [6.45, 7) is 0. The predicted molar refractivity (Wildman–Crippen MR) is 110 cm³/mol. The molecule has 0 aliphatic rings. The zero-order chi connectivity index (χ0) is 27.3. The minimum absolute atomic E-state index is 0.551. The topological polar surface area (TPSA) is 300 Å². The van der Waals surface area contributed by atoms with E-state index < -0.39 is 110 Å². The molecular weight excluding hydrogens is 480 g/mol. The highest BCUT2D eigenvalue weighted by Gasteiger charge is 2.32. The molecule has 0 aromatic rings. The van der Waals surface area contributed by atoms with Crippen LogP contribution >= 0.6 is 0 Å². The van der Waals surface area contributed by atoms with E-state index in [2.05, 4.69) is 0 Å². The van der Waals surface area contributed by atoms with Gasteiger partial charge in [-0.25, -0.2) is 4.79 Å². The molecule has 4 atom stereocenters. The largest absolute Gasteiger partial charge is 0.481 e. The van der Waals surface area contributed by atoms with Crippen LogP contribution in [0.25, 0.3) is 0 Å². The van der Waals surface area contributed by atoms with Gasteiger partial charge in [0.25, 0.3) is 0 Å². The highest BCUT2D eigenvalue weighted by molar-refractivity contribution is 5.96. The number of amides is 3. The van der Waals surface area contributed by atoms with Crippen LogP contribution in [0.15, 0.2) is 0 Å². The number of hydrogen-bond acceptors (Lipinski definition) is 9. The molecule has 3 amide bonds. The quantitative estimate of drug-likeness (QED) is 0.0926. The third-order valence-corrected chi connectivity index (χ3v) is 4.28. The molecule has 196 valence electrons. The van der Waals surface area contributed by atoms with Gasteiger partial charge in [-0.1, -0.05) is 0 Å². The van der Waals surface area contributed by atoms with Crippen molar-refractivity contribution in [2.24, 2.45) is 5.73 Å². The molecule has 0 bridgehead atoms. The maximum Gasteiger partial charge on any atom is 0.326 e. The summed E-state index contributed by atoms with van der Waals surface area (Å²) in [6.07, 6.45) is -4.30. The highest BCUT2D eigenvalue weighted by atomic mass is 16.4. The third-order valence-electron chi connectivity index (χ3n) is 4.28. The molecule has 0 aliphatic heterocycles. The maximum atomic E-state index is 12.6. The number of nitrogens with two attached hydrogens (primary N) is 1. The van der Waals surface area contributed by atoms with Gasteiger partial charge in [0, 0.05) is 12.8 Å². The fourth-order valence-electron chi connectivity index (χ4n) is 2.55. The Morgan fingerprint density at radius 1 is 0.543 bits per heavy atom. The van der Waals surface area contributed by atoms with E-state index in [1.165, 1.54) is 0 Å². The zero-order valence-electron chi connectivity index (χ0n) is 18.1. The Morgan fingerprint density at radius 2 is 0.943 bits per heavy atom. The number of carboxylic acids is 5. The van der Waals surface area contributed by atoms with Gasteiger partial charge in [0.15, 0.2) is 0 Å². The van der Waals surface area contributed by atoms with Crippen LogP contribution in [0.5, 0.6) is 0 Å². The van der Waals surface area contributed by atoms with Gasteiger partial charge in [-0.15, -0.1) is 0 Å². The maximum absolute atomic E-state index is 12.6. The Balaban J connectivity index is 5.60. The van der Waals surface area contributed by atoms with Crippen molar-refractivity contribution in [2.75, 3.05) is 0 Å². The summed E-state index contributed by atoms with van der Waals surface area (Å²) in [5.74, 6) is -11.1. The van der Waals surface area contributed by atoms with Crippen LogP contribution in [0.3, 0.4) is 0 Å². The van der Waals surface area contributed by atoms with Crippen molar-refractivity contribution in [1.82, 2.24) is 16.0 Å². The highest BCUT2D eigenvalue weighted by Crippen LogP contribution is 2.05. The van der Waals surface area contributed by atoms with Crippen molar-refractivity contribution in [3.63, 3.8) is 0 Å². The van der Waals surface area contributed by atoms with Crippen LogP contribution in [0, 0.1) is 0 Å². The van der Waals surface area contributed by atoms with E-state index in [4.69, 9.17) is 31.3 Å². The van der Waals surface area contributed by atoms with Gasteiger partial charge in [-0.2, -0.15) is 0 Å². The first-order valence-corrected chi connectivity index (χ1v) is 9.90. The SMILES string of the molecule is N[C@@H](CC(=O)O)C(=O)N[C@@H](CCC(=O)O)C(=O)N[C@@H](CC(=O)O)C(=O)N[C@@H](CCC(=O)O)C(=O)O. The lowest BCUT2D eigenvalue weighted by molar-refractivity contribution is -0.144. The molecule has 0 fully saturated rings. The Labute approximate surface area is 196 Å². The summed E-state index contributed by atoms with van der Waals surface area (Å²) in [5.41, 5.74) is 5.39. The monoisotopic (exact) mass is 506 g/mol. The van der Waals surface area contributed by atoms with Crippen molar-refractivity contribution in [1.29, 1.82) is 0 Å². The van der Waals surface area contributed by atoms with E-state index in [0.717, 1.165) is 0 Å². The van der Waals surface area contributed by atoms with Crippen LogP contribution in [0.4, 0.5) is 0 Å². The van der Waals surface area contributed by atoms with E-state index >= 15 is 0 Å². The van der Waals surface area contributed by atoms with Crippen LogP contribution in [0.1, 0.15) is 38.5 Å². The molecule has 0 aliphatic carbocycles. The molecule has 0 aromatic heterocycles. The second-order valence-corrected chi connectivity index (χ2v) is 7.19. The Morgan fingerprint density at radius 3 is 1.37 bits per heavy atom. The lowest BCUT2D eigenvalue weighted by Gasteiger charge is -2.24. The van der Waals surface area contributed by atoms with E-state index in [0.29, 0.717) is 0 Å². The molecule has 0 unspecified atom stereocenters. The van der Waals surface area contributed by atoms with Crippen molar-refractivity contribution in [2.45, 2.75) is 62.7 Å². The van der Waals surface area contributed by atoms with Crippen LogP contribution < -0.4 is 21.7 Å². The molecule has 0 spiro atoms. The van der Waals surface area contributed by atoms with Crippen LogP contribution in [0.2, 0.25) is 0 Å². The Kier molecular flexibility index (Phi) is 13.0. The number of nitrogens with one attached hydrogen (secondary N) is 3. The second kappa shape index (κ2) is 14.8. The molecule has 0 rings (SSSR count). The molecule has 0 aromatic carbocycles. The number of aliphatic carboxylic acids is 5. The number of hydrogen-bond donors (Lipinski definition) is 9. The molecule has 35 heavy (non-hydrogen) atoms. The lowest BCUT2D eigenvalue weighted by Crippen LogP contribution is -2.57. The minimum atomic E-state index is -1.90. The van der Waals surface area contributed by atoms with E-state index in [-0.39, 0.29) is 0 Å². The smallest absolute Gasteiger partial charge is 0.326 e. The normalized spacial score (nSPS) is 13.9. The second-order valence-electron chi connectivity index (χ2n) is 7.19. The average molecular weight is 506 g/mol. The summed E-state index contributed by atoms with van der Waals surface area (Å²) in [7, 11) is 0. The van der Waals surface area contributed by atoms with Crippen LogP contribution in [-0.4, -0.2) is 97.3 Å². The van der Waals surface area contributed by atoms with E-state index in [1.807, 2.05) is 16.0 Å². The first kappa shape index (κ1) is 30.7. The average Bonchev–Trinajstić information content (AvgIpc) is 2.71. The number of carbonyl (C=O) groups is 8. The molecule has 0 saturated carbocycles. The van der Waals surface area contributed by atoms with Gasteiger partial charge >= 0.3 is 29.8 Å². The molecule has 0 heterocycles. The van der Waals surface area contributed by atoms with Gasteiger partial charge in [-0.05, 0) is 12.8 Å².